The highest BCUT2D eigenvalue weighted by atomic mass is 16.6. The SMILES string of the molecule is O=C1[C@@H]2[C@H]3CC[C@@H](C3)[C@@H]2C(=O)N1c1ccc(-c2nc(-c3cccc([N+](=O)[O-])c3)no2)cc1. The van der Waals surface area contributed by atoms with Gasteiger partial charge in [0, 0.05) is 23.3 Å². The molecule has 1 aromatic heterocycles. The molecule has 0 spiro atoms. The van der Waals surface area contributed by atoms with Crippen molar-refractivity contribution < 1.29 is 19.0 Å². The minimum atomic E-state index is -0.482. The van der Waals surface area contributed by atoms with Crippen LogP contribution in [0.5, 0.6) is 0 Å². The Morgan fingerprint density at radius 3 is 2.31 bits per heavy atom. The standard InChI is InChI=1S/C23H18N4O5/c28-22-18-13-4-5-14(10-13)19(18)23(29)26(22)16-8-6-12(7-9-16)21-24-20(25-32-21)15-2-1-3-17(11-15)27(30)31/h1-3,6-9,11,13-14,18-19H,4-5,10H2/t13-,14-,18-,19+/m0/s1. The van der Waals surface area contributed by atoms with Gasteiger partial charge in [0.25, 0.3) is 11.6 Å². The van der Waals surface area contributed by atoms with Gasteiger partial charge in [-0.3, -0.25) is 24.6 Å². The molecule has 1 aliphatic heterocycles. The minimum Gasteiger partial charge on any atom is -0.334 e. The number of amides is 2. The van der Waals surface area contributed by atoms with E-state index in [2.05, 4.69) is 10.1 Å². The Hall–Kier alpha value is -3.88. The van der Waals surface area contributed by atoms with Crippen LogP contribution in [0.25, 0.3) is 22.8 Å². The van der Waals surface area contributed by atoms with Gasteiger partial charge in [-0.05, 0) is 55.4 Å². The number of nitro groups is 1. The van der Waals surface area contributed by atoms with E-state index in [4.69, 9.17) is 4.52 Å². The predicted octanol–water partition coefficient (Wildman–Crippen LogP) is 3.85. The molecular formula is C23H18N4O5. The summed E-state index contributed by atoms with van der Waals surface area (Å²) in [6, 6.07) is 12.9. The number of nitrogens with zero attached hydrogens (tertiary/aromatic N) is 4. The predicted molar refractivity (Wildman–Crippen MR) is 112 cm³/mol. The van der Waals surface area contributed by atoms with Crippen molar-refractivity contribution in [1.29, 1.82) is 0 Å². The van der Waals surface area contributed by atoms with Crippen molar-refractivity contribution in [2.24, 2.45) is 23.7 Å². The van der Waals surface area contributed by atoms with Gasteiger partial charge in [0.05, 0.1) is 22.4 Å². The quantitative estimate of drug-likeness (QED) is 0.350. The highest BCUT2D eigenvalue weighted by Crippen LogP contribution is 2.56. The van der Waals surface area contributed by atoms with Crippen molar-refractivity contribution in [2.45, 2.75) is 19.3 Å². The van der Waals surface area contributed by atoms with Crippen LogP contribution in [0.15, 0.2) is 53.1 Å². The smallest absolute Gasteiger partial charge is 0.270 e. The Balaban J connectivity index is 1.25. The van der Waals surface area contributed by atoms with Gasteiger partial charge in [0.15, 0.2) is 0 Å². The van der Waals surface area contributed by atoms with Crippen molar-refractivity contribution in [1.82, 2.24) is 10.1 Å². The first-order chi connectivity index (χ1) is 15.5. The van der Waals surface area contributed by atoms with Crippen molar-refractivity contribution in [3.8, 4) is 22.8 Å². The second-order valence-electron chi connectivity index (χ2n) is 8.67. The molecule has 2 heterocycles. The summed E-state index contributed by atoms with van der Waals surface area (Å²) in [5, 5.41) is 14.9. The van der Waals surface area contributed by atoms with Gasteiger partial charge in [0.1, 0.15) is 0 Å². The fourth-order valence-corrected chi connectivity index (χ4v) is 5.63. The molecule has 32 heavy (non-hydrogen) atoms. The van der Waals surface area contributed by atoms with Crippen molar-refractivity contribution in [3.05, 3.63) is 58.6 Å². The maximum atomic E-state index is 13.0. The summed E-state index contributed by atoms with van der Waals surface area (Å²) in [6.07, 6.45) is 3.09. The molecule has 2 saturated carbocycles. The average Bonchev–Trinajstić information content (AvgIpc) is 3.58. The molecule has 2 aliphatic carbocycles. The lowest BCUT2D eigenvalue weighted by Gasteiger charge is -2.19. The van der Waals surface area contributed by atoms with Gasteiger partial charge in [-0.25, -0.2) is 0 Å². The monoisotopic (exact) mass is 430 g/mol. The zero-order chi connectivity index (χ0) is 22.0. The number of fused-ring (bicyclic) bond motifs is 5. The van der Waals surface area contributed by atoms with Gasteiger partial charge in [0.2, 0.25) is 17.6 Å². The van der Waals surface area contributed by atoms with Gasteiger partial charge < -0.3 is 4.52 Å². The number of non-ortho nitro benzene ring substituents is 1. The molecule has 9 heteroatoms. The largest absolute Gasteiger partial charge is 0.334 e. The molecule has 160 valence electrons. The average molecular weight is 430 g/mol. The lowest BCUT2D eigenvalue weighted by molar-refractivity contribution is -0.384. The number of hydrogen-bond donors (Lipinski definition) is 0. The van der Waals surface area contributed by atoms with E-state index < -0.39 is 4.92 Å². The Morgan fingerprint density at radius 1 is 0.969 bits per heavy atom. The molecule has 1 saturated heterocycles. The molecule has 3 fully saturated rings. The number of benzene rings is 2. The molecular weight excluding hydrogens is 412 g/mol. The van der Waals surface area contributed by atoms with Crippen LogP contribution in [0.1, 0.15) is 19.3 Å². The fourth-order valence-electron chi connectivity index (χ4n) is 5.63. The Labute approximate surface area is 182 Å². The maximum absolute atomic E-state index is 13.0. The first-order valence-electron chi connectivity index (χ1n) is 10.6. The highest BCUT2D eigenvalue weighted by Gasteiger charge is 2.61. The number of anilines is 1. The number of carbonyl (C=O) groups is 2. The molecule has 0 unspecified atom stereocenters. The van der Waals surface area contributed by atoms with E-state index in [1.165, 1.54) is 17.0 Å². The molecule has 0 N–H and O–H groups in total. The van der Waals surface area contributed by atoms with E-state index in [0.29, 0.717) is 28.7 Å². The topological polar surface area (TPSA) is 119 Å². The van der Waals surface area contributed by atoms with Crippen LogP contribution in [0.2, 0.25) is 0 Å². The van der Waals surface area contributed by atoms with Gasteiger partial charge in [-0.2, -0.15) is 4.98 Å². The third kappa shape index (κ3) is 2.70. The number of rotatable bonds is 4. The highest BCUT2D eigenvalue weighted by molar-refractivity contribution is 6.22. The van der Waals surface area contributed by atoms with E-state index in [1.54, 1.807) is 36.4 Å². The van der Waals surface area contributed by atoms with Crippen LogP contribution < -0.4 is 4.90 Å². The van der Waals surface area contributed by atoms with Crippen molar-refractivity contribution >= 4 is 23.2 Å². The Kier molecular flexibility index (Phi) is 4.01. The van der Waals surface area contributed by atoms with Crippen LogP contribution in [-0.4, -0.2) is 26.9 Å². The fraction of sp³-hybridized carbons (Fsp3) is 0.304. The lowest BCUT2D eigenvalue weighted by atomic mass is 9.81. The number of hydrogen-bond acceptors (Lipinski definition) is 7. The van der Waals surface area contributed by atoms with E-state index in [-0.39, 0.29) is 41.1 Å². The second-order valence-corrected chi connectivity index (χ2v) is 8.67. The van der Waals surface area contributed by atoms with Crippen LogP contribution in [0.4, 0.5) is 11.4 Å². The zero-order valence-electron chi connectivity index (χ0n) is 16.9. The van der Waals surface area contributed by atoms with Crippen LogP contribution in [0, 0.1) is 33.8 Å². The Bertz CT molecular complexity index is 1240. The second kappa shape index (κ2) is 6.81. The maximum Gasteiger partial charge on any atom is 0.270 e. The molecule has 2 bridgehead atoms. The van der Waals surface area contributed by atoms with Gasteiger partial charge in [-0.1, -0.05) is 17.3 Å². The summed E-state index contributed by atoms with van der Waals surface area (Å²) in [5.41, 5.74) is 1.59. The van der Waals surface area contributed by atoms with Crippen molar-refractivity contribution in [2.75, 3.05) is 4.90 Å². The third-order valence-electron chi connectivity index (χ3n) is 7.04. The molecule has 2 aromatic carbocycles. The molecule has 3 aromatic rings. The summed E-state index contributed by atoms with van der Waals surface area (Å²) in [7, 11) is 0. The Morgan fingerprint density at radius 2 is 1.66 bits per heavy atom. The summed E-state index contributed by atoms with van der Waals surface area (Å²) in [6.45, 7) is 0. The molecule has 4 atom stereocenters. The molecule has 3 aliphatic rings. The number of imide groups is 1. The molecule has 0 radical (unpaired) electrons. The molecule has 6 rings (SSSR count). The van der Waals surface area contributed by atoms with E-state index in [0.717, 1.165) is 19.3 Å². The van der Waals surface area contributed by atoms with Crippen LogP contribution >= 0.6 is 0 Å². The molecule has 2 amide bonds. The van der Waals surface area contributed by atoms with E-state index in [1.807, 2.05) is 0 Å². The van der Waals surface area contributed by atoms with Crippen molar-refractivity contribution in [3.63, 3.8) is 0 Å². The first-order valence-corrected chi connectivity index (χ1v) is 10.6. The number of aromatic nitrogens is 2. The van der Waals surface area contributed by atoms with Gasteiger partial charge in [-0.15, -0.1) is 0 Å². The number of carbonyl (C=O) groups excluding carboxylic acids is 2. The third-order valence-corrected chi connectivity index (χ3v) is 7.04. The van der Waals surface area contributed by atoms with Crippen LogP contribution in [0.3, 0.4) is 0 Å². The van der Waals surface area contributed by atoms with E-state index in [9.17, 15) is 19.7 Å². The summed E-state index contributed by atoms with van der Waals surface area (Å²) in [5.74, 6) is 0.695. The van der Waals surface area contributed by atoms with Gasteiger partial charge >= 0.3 is 0 Å². The lowest BCUT2D eigenvalue weighted by Crippen LogP contribution is -2.32. The number of nitro benzene ring substituents is 1. The summed E-state index contributed by atoms with van der Waals surface area (Å²) >= 11 is 0. The summed E-state index contributed by atoms with van der Waals surface area (Å²) < 4.78 is 5.33. The van der Waals surface area contributed by atoms with E-state index >= 15 is 0 Å². The zero-order valence-corrected chi connectivity index (χ0v) is 16.9. The first kappa shape index (κ1) is 18.9. The normalized spacial score (nSPS) is 26.1. The summed E-state index contributed by atoms with van der Waals surface area (Å²) in [4.78, 5) is 42.2. The van der Waals surface area contributed by atoms with Crippen LogP contribution in [-0.2, 0) is 9.59 Å². The molecule has 9 nitrogen and oxygen atoms in total. The minimum absolute atomic E-state index is 0.0589.